The Morgan fingerprint density at radius 3 is 2.59 bits per heavy atom. The minimum absolute atomic E-state index is 0. The molecule has 0 radical (unpaired) electrons. The lowest BCUT2D eigenvalue weighted by atomic mass is 10.0. The van der Waals surface area contributed by atoms with Gasteiger partial charge in [0.15, 0.2) is 11.6 Å². The average Bonchev–Trinajstić information content (AvgIpc) is 3.68. The zero-order valence-electron chi connectivity index (χ0n) is 23.6. The van der Waals surface area contributed by atoms with E-state index in [9.17, 15) is 12.8 Å². The number of ether oxygens (including phenoxy) is 2. The molecule has 8 nitrogen and oxygen atoms in total. The second-order valence-electron chi connectivity index (χ2n) is 10.1. The predicted octanol–water partition coefficient (Wildman–Crippen LogP) is 7.74. The highest BCUT2D eigenvalue weighted by Crippen LogP contribution is 2.38. The summed E-state index contributed by atoms with van der Waals surface area (Å²) in [7, 11) is -4.03. The van der Waals surface area contributed by atoms with Gasteiger partial charge in [-0.3, -0.25) is 5.41 Å². The number of aromatic nitrogens is 3. The molecule has 1 fully saturated rings. The minimum Gasteiger partial charge on any atom is -0.454 e. The van der Waals surface area contributed by atoms with Crippen LogP contribution in [0.1, 0.15) is 42.3 Å². The first-order valence-electron chi connectivity index (χ1n) is 13.7. The Labute approximate surface area is 274 Å². The third kappa shape index (κ3) is 6.28. The highest BCUT2D eigenvalue weighted by atomic mass is 127. The summed E-state index contributed by atoms with van der Waals surface area (Å²) in [6, 6.07) is 16.3. The first-order chi connectivity index (χ1) is 20.8. The number of halogens is 3. The fourth-order valence-corrected chi connectivity index (χ4v) is 6.93. The molecule has 2 aromatic heterocycles. The van der Waals surface area contributed by atoms with Crippen LogP contribution in [0.15, 0.2) is 84.0 Å². The Morgan fingerprint density at radius 2 is 1.86 bits per heavy atom. The molecule has 1 saturated heterocycles. The van der Waals surface area contributed by atoms with Gasteiger partial charge in [0, 0.05) is 48.0 Å². The van der Waals surface area contributed by atoms with Crippen LogP contribution in [0.4, 0.5) is 8.78 Å². The Hall–Kier alpha value is -3.27. The highest BCUT2D eigenvalue weighted by Gasteiger charge is 2.25. The van der Waals surface area contributed by atoms with Crippen molar-refractivity contribution in [3.8, 4) is 11.5 Å². The van der Waals surface area contributed by atoms with Crippen LogP contribution in [-0.2, 0) is 21.2 Å². The molecule has 0 spiro atoms. The van der Waals surface area contributed by atoms with E-state index in [-0.39, 0.29) is 69.1 Å². The van der Waals surface area contributed by atoms with Gasteiger partial charge in [-0.1, -0.05) is 18.2 Å². The van der Waals surface area contributed by atoms with Crippen molar-refractivity contribution in [1.29, 1.82) is 5.41 Å². The molecule has 1 N–H and O–H groups in total. The van der Waals surface area contributed by atoms with Crippen molar-refractivity contribution in [1.82, 2.24) is 13.8 Å². The molecular weight excluding hydrogens is 721 g/mol. The predicted molar refractivity (Wildman–Crippen MR) is 177 cm³/mol. The summed E-state index contributed by atoms with van der Waals surface area (Å²) in [6.45, 7) is 0.652. The lowest BCUT2D eigenvalue weighted by Crippen LogP contribution is -2.18. The van der Waals surface area contributed by atoms with Gasteiger partial charge in [0.05, 0.1) is 21.1 Å². The van der Waals surface area contributed by atoms with Crippen LogP contribution in [0.25, 0.3) is 10.9 Å². The van der Waals surface area contributed by atoms with E-state index in [2.05, 4.69) is 5.10 Å². The molecule has 1 aliphatic rings. The number of rotatable bonds is 8. The molecule has 6 rings (SSSR count). The monoisotopic (exact) mass is 750 g/mol. The second kappa shape index (κ2) is 13.4. The smallest absolute Gasteiger partial charge is 0.268 e. The molecule has 1 atom stereocenters. The van der Waals surface area contributed by atoms with Gasteiger partial charge in [0.25, 0.3) is 10.0 Å². The standard InChI is InChI=1S/C31H28F2N4O4S2.HI/c1-42-31(34)25-18-21(10-11-26(25)32)41-30-24(17-20-12-14-36(35-20)29-9-5-6-16-40-29)23-13-15-37(28(23)19-27(30)33)43(38,39)22-7-3-2-4-8-22;/h2-4,7-8,10-15,18-19,29,34H,5-6,9,16-17H2,1H3;1H. The van der Waals surface area contributed by atoms with E-state index in [0.29, 0.717) is 23.3 Å². The Kier molecular flexibility index (Phi) is 9.77. The maximum Gasteiger partial charge on any atom is 0.268 e. The van der Waals surface area contributed by atoms with Gasteiger partial charge in [-0.2, -0.15) is 5.10 Å². The van der Waals surface area contributed by atoms with Crippen LogP contribution in [0.5, 0.6) is 11.5 Å². The van der Waals surface area contributed by atoms with Crippen LogP contribution in [-0.4, -0.2) is 40.1 Å². The quantitative estimate of drug-likeness (QED) is 0.0991. The van der Waals surface area contributed by atoms with Gasteiger partial charge >= 0.3 is 0 Å². The summed E-state index contributed by atoms with van der Waals surface area (Å²) in [6.07, 6.45) is 7.65. The Bertz CT molecular complexity index is 1920. The fourth-order valence-electron chi connectivity index (χ4n) is 5.19. The normalized spacial score (nSPS) is 15.2. The molecule has 230 valence electrons. The van der Waals surface area contributed by atoms with Gasteiger partial charge in [0.2, 0.25) is 0 Å². The third-order valence-electron chi connectivity index (χ3n) is 7.35. The number of thioether (sulfide) groups is 1. The number of hydrogen-bond donors (Lipinski definition) is 1. The summed E-state index contributed by atoms with van der Waals surface area (Å²) >= 11 is 1.07. The molecular formula is C31H29F2IN4O4S2. The highest BCUT2D eigenvalue weighted by molar-refractivity contribution is 14.0. The van der Waals surface area contributed by atoms with Gasteiger partial charge in [-0.25, -0.2) is 25.9 Å². The van der Waals surface area contributed by atoms with Gasteiger partial charge in [0.1, 0.15) is 17.8 Å². The SMILES string of the molecule is CSC(=N)c1cc(Oc2c(F)cc3c(ccn3S(=O)(=O)c3ccccc3)c2Cc2ccn(C3CCCCO3)n2)ccc1F.I. The van der Waals surface area contributed by atoms with Crippen molar-refractivity contribution >= 4 is 61.7 Å². The Balaban J connectivity index is 0.00000384. The van der Waals surface area contributed by atoms with Crippen LogP contribution in [0.3, 0.4) is 0 Å². The van der Waals surface area contributed by atoms with E-state index >= 15 is 4.39 Å². The summed E-state index contributed by atoms with van der Waals surface area (Å²) in [5.74, 6) is -1.40. The van der Waals surface area contributed by atoms with Crippen molar-refractivity contribution in [2.45, 2.75) is 36.8 Å². The minimum atomic E-state index is -4.03. The number of hydrogen-bond acceptors (Lipinski definition) is 7. The molecule has 3 heterocycles. The molecule has 0 aliphatic carbocycles. The molecule has 0 saturated carbocycles. The molecule has 5 aromatic rings. The van der Waals surface area contributed by atoms with E-state index in [1.54, 1.807) is 35.2 Å². The van der Waals surface area contributed by atoms with Crippen molar-refractivity contribution in [3.63, 3.8) is 0 Å². The summed E-state index contributed by atoms with van der Waals surface area (Å²) in [5.41, 5.74) is 1.15. The average molecular weight is 751 g/mol. The van der Waals surface area contributed by atoms with Crippen molar-refractivity contribution in [2.24, 2.45) is 0 Å². The van der Waals surface area contributed by atoms with E-state index in [1.165, 1.54) is 36.5 Å². The number of nitrogens with zero attached hydrogens (tertiary/aromatic N) is 3. The van der Waals surface area contributed by atoms with Crippen molar-refractivity contribution in [3.05, 3.63) is 108 Å². The molecule has 13 heteroatoms. The summed E-state index contributed by atoms with van der Waals surface area (Å²) < 4.78 is 72.2. The van der Waals surface area contributed by atoms with E-state index in [1.807, 2.05) is 12.3 Å². The summed E-state index contributed by atoms with van der Waals surface area (Å²) in [5, 5.41) is 13.2. The molecule has 1 aliphatic heterocycles. The van der Waals surface area contributed by atoms with Crippen LogP contribution < -0.4 is 4.74 Å². The molecule has 44 heavy (non-hydrogen) atoms. The van der Waals surface area contributed by atoms with Gasteiger partial charge < -0.3 is 9.47 Å². The molecule has 0 bridgehead atoms. The van der Waals surface area contributed by atoms with Crippen LogP contribution in [0.2, 0.25) is 0 Å². The van der Waals surface area contributed by atoms with E-state index in [0.717, 1.165) is 41.1 Å². The molecule has 3 aromatic carbocycles. The zero-order valence-corrected chi connectivity index (χ0v) is 27.5. The topological polar surface area (TPSA) is 99.2 Å². The van der Waals surface area contributed by atoms with Crippen molar-refractivity contribution < 1.29 is 26.7 Å². The number of benzene rings is 3. The van der Waals surface area contributed by atoms with Crippen molar-refractivity contribution in [2.75, 3.05) is 12.9 Å². The molecule has 0 amide bonds. The largest absolute Gasteiger partial charge is 0.454 e. The van der Waals surface area contributed by atoms with Gasteiger partial charge in [-0.15, -0.1) is 35.7 Å². The fraction of sp³-hybridized carbons (Fsp3) is 0.226. The van der Waals surface area contributed by atoms with E-state index in [4.69, 9.17) is 14.9 Å². The van der Waals surface area contributed by atoms with E-state index < -0.39 is 21.7 Å². The summed E-state index contributed by atoms with van der Waals surface area (Å²) in [4.78, 5) is 0.0658. The van der Waals surface area contributed by atoms with Crippen LogP contribution in [0, 0.1) is 17.0 Å². The maximum atomic E-state index is 16.0. The van der Waals surface area contributed by atoms with Crippen LogP contribution >= 0.6 is 35.7 Å². The second-order valence-corrected chi connectivity index (χ2v) is 12.7. The number of nitrogens with one attached hydrogen (secondary N) is 1. The first kappa shape index (κ1) is 32.1. The first-order valence-corrected chi connectivity index (χ1v) is 16.3. The van der Waals surface area contributed by atoms with Gasteiger partial charge in [-0.05, 0) is 68.0 Å². The number of fused-ring (bicyclic) bond motifs is 1. The maximum absolute atomic E-state index is 16.0. The third-order valence-corrected chi connectivity index (χ3v) is 9.68. The molecule has 1 unspecified atom stereocenters. The Morgan fingerprint density at radius 1 is 1.07 bits per heavy atom. The lowest BCUT2D eigenvalue weighted by molar-refractivity contribution is -0.0396. The lowest BCUT2D eigenvalue weighted by Gasteiger charge is -2.22. The zero-order chi connectivity index (χ0) is 30.1.